The van der Waals surface area contributed by atoms with E-state index in [1.807, 2.05) is 33.0 Å². The molecule has 0 aliphatic rings. The van der Waals surface area contributed by atoms with Crippen LogP contribution in [0.15, 0.2) is 23.5 Å². The quantitative estimate of drug-likeness (QED) is 0.539. The van der Waals surface area contributed by atoms with Crippen LogP contribution in [-0.4, -0.2) is 41.0 Å². The molecular weight excluding hydrogens is 356 g/mol. The number of halogens is 1. The summed E-state index contributed by atoms with van der Waals surface area (Å²) in [6, 6.07) is 3.72. The summed E-state index contributed by atoms with van der Waals surface area (Å²) in [6.07, 6.45) is 1.52. The van der Waals surface area contributed by atoms with Crippen LogP contribution < -0.4 is 20.1 Å². The molecule has 1 aromatic heterocycles. The van der Waals surface area contributed by atoms with Gasteiger partial charge in [0.2, 0.25) is 0 Å². The standard InChI is InChI=1S/C17H25ClN6O2/c1-5-19-17(21-10-15-22-11-23-24(15)3)20-9-12-7-13(18)16(26-6-2)14(8-12)25-4/h7-8,11H,5-6,9-10H2,1-4H3,(H2,19,20,21). The third kappa shape index (κ3) is 5.26. The Morgan fingerprint density at radius 3 is 2.73 bits per heavy atom. The molecule has 2 N–H and O–H groups in total. The number of guanidine groups is 1. The Kier molecular flexibility index (Phi) is 7.53. The number of methoxy groups -OCH3 is 1. The van der Waals surface area contributed by atoms with E-state index < -0.39 is 0 Å². The van der Waals surface area contributed by atoms with E-state index in [9.17, 15) is 0 Å². The number of benzene rings is 1. The van der Waals surface area contributed by atoms with Crippen molar-refractivity contribution in [3.05, 3.63) is 34.9 Å². The van der Waals surface area contributed by atoms with E-state index in [-0.39, 0.29) is 0 Å². The number of hydrogen-bond donors (Lipinski definition) is 2. The van der Waals surface area contributed by atoms with Crippen molar-refractivity contribution < 1.29 is 9.47 Å². The van der Waals surface area contributed by atoms with Gasteiger partial charge >= 0.3 is 0 Å². The first-order valence-electron chi connectivity index (χ1n) is 8.43. The van der Waals surface area contributed by atoms with Gasteiger partial charge in [0, 0.05) is 13.6 Å². The number of aromatic nitrogens is 3. The zero-order valence-corrected chi connectivity index (χ0v) is 16.3. The number of aliphatic imine (C=N–C) groups is 1. The minimum absolute atomic E-state index is 0.441. The maximum absolute atomic E-state index is 6.31. The highest BCUT2D eigenvalue weighted by Gasteiger charge is 2.11. The summed E-state index contributed by atoms with van der Waals surface area (Å²) in [7, 11) is 3.44. The molecule has 0 radical (unpaired) electrons. The van der Waals surface area contributed by atoms with E-state index in [4.69, 9.17) is 21.1 Å². The molecule has 0 unspecified atom stereocenters. The predicted molar refractivity (Wildman–Crippen MR) is 102 cm³/mol. The summed E-state index contributed by atoms with van der Waals surface area (Å²) < 4.78 is 12.6. The Morgan fingerprint density at radius 2 is 2.12 bits per heavy atom. The molecule has 142 valence electrons. The maximum Gasteiger partial charge on any atom is 0.191 e. The van der Waals surface area contributed by atoms with Gasteiger partial charge in [-0.15, -0.1) is 0 Å². The molecule has 26 heavy (non-hydrogen) atoms. The van der Waals surface area contributed by atoms with E-state index in [0.717, 1.165) is 17.9 Å². The first-order valence-corrected chi connectivity index (χ1v) is 8.81. The van der Waals surface area contributed by atoms with Gasteiger partial charge in [-0.1, -0.05) is 11.6 Å². The van der Waals surface area contributed by atoms with Crippen LogP contribution in [0.4, 0.5) is 0 Å². The van der Waals surface area contributed by atoms with Gasteiger partial charge in [0.1, 0.15) is 12.2 Å². The van der Waals surface area contributed by atoms with Gasteiger partial charge in [0.05, 0.1) is 31.8 Å². The van der Waals surface area contributed by atoms with Crippen molar-refractivity contribution in [2.45, 2.75) is 26.9 Å². The Bertz CT molecular complexity index is 747. The molecule has 0 bridgehead atoms. The van der Waals surface area contributed by atoms with Crippen molar-refractivity contribution in [1.82, 2.24) is 25.4 Å². The van der Waals surface area contributed by atoms with E-state index in [1.165, 1.54) is 6.33 Å². The summed E-state index contributed by atoms with van der Waals surface area (Å²) in [4.78, 5) is 8.77. The van der Waals surface area contributed by atoms with Crippen LogP contribution in [0.2, 0.25) is 5.02 Å². The molecular formula is C17H25ClN6O2. The fraction of sp³-hybridized carbons (Fsp3) is 0.471. The zero-order valence-electron chi connectivity index (χ0n) is 15.5. The molecule has 0 aliphatic carbocycles. The molecule has 8 nitrogen and oxygen atoms in total. The van der Waals surface area contributed by atoms with Crippen molar-refractivity contribution in [2.75, 3.05) is 20.3 Å². The highest BCUT2D eigenvalue weighted by atomic mass is 35.5. The van der Waals surface area contributed by atoms with Crippen LogP contribution in [0.3, 0.4) is 0 Å². The van der Waals surface area contributed by atoms with E-state index in [1.54, 1.807) is 11.8 Å². The van der Waals surface area contributed by atoms with Crippen molar-refractivity contribution in [1.29, 1.82) is 0 Å². The van der Waals surface area contributed by atoms with Gasteiger partial charge in [-0.05, 0) is 31.5 Å². The van der Waals surface area contributed by atoms with Gasteiger partial charge in [-0.2, -0.15) is 5.10 Å². The molecule has 0 fully saturated rings. The molecule has 1 heterocycles. The maximum atomic E-state index is 6.31. The second-order valence-corrected chi connectivity index (χ2v) is 5.80. The van der Waals surface area contributed by atoms with Crippen LogP contribution in [0, 0.1) is 0 Å². The van der Waals surface area contributed by atoms with E-state index in [2.05, 4.69) is 25.7 Å². The second kappa shape index (κ2) is 9.86. The van der Waals surface area contributed by atoms with Crippen molar-refractivity contribution in [3.8, 4) is 11.5 Å². The Morgan fingerprint density at radius 1 is 1.31 bits per heavy atom. The largest absolute Gasteiger partial charge is 0.493 e. The van der Waals surface area contributed by atoms with Gasteiger partial charge in [0.25, 0.3) is 0 Å². The summed E-state index contributed by atoms with van der Waals surface area (Å²) in [6.45, 7) is 6.14. The van der Waals surface area contributed by atoms with Crippen LogP contribution in [-0.2, 0) is 20.1 Å². The minimum Gasteiger partial charge on any atom is -0.493 e. The zero-order chi connectivity index (χ0) is 18.9. The first kappa shape index (κ1) is 19.8. The van der Waals surface area contributed by atoms with Gasteiger partial charge in [0.15, 0.2) is 17.5 Å². The third-order valence-corrected chi connectivity index (χ3v) is 3.84. The normalized spacial score (nSPS) is 11.3. The lowest BCUT2D eigenvalue weighted by Gasteiger charge is -2.13. The number of ether oxygens (including phenoxy) is 2. The summed E-state index contributed by atoms with van der Waals surface area (Å²) in [5.41, 5.74) is 0.922. The van der Waals surface area contributed by atoms with Crippen LogP contribution in [0.5, 0.6) is 11.5 Å². The highest BCUT2D eigenvalue weighted by molar-refractivity contribution is 6.32. The monoisotopic (exact) mass is 380 g/mol. The van der Waals surface area contributed by atoms with Gasteiger partial charge in [-0.3, -0.25) is 4.68 Å². The smallest absolute Gasteiger partial charge is 0.191 e. The van der Waals surface area contributed by atoms with Crippen LogP contribution in [0.1, 0.15) is 25.2 Å². The second-order valence-electron chi connectivity index (χ2n) is 5.39. The molecule has 0 aliphatic heterocycles. The van der Waals surface area contributed by atoms with Crippen molar-refractivity contribution in [2.24, 2.45) is 12.0 Å². The topological polar surface area (TPSA) is 85.6 Å². The van der Waals surface area contributed by atoms with E-state index in [0.29, 0.717) is 42.2 Å². The number of aryl methyl sites for hydroxylation is 1. The lowest BCUT2D eigenvalue weighted by Crippen LogP contribution is -2.37. The minimum atomic E-state index is 0.441. The Labute approximate surface area is 158 Å². The van der Waals surface area contributed by atoms with E-state index >= 15 is 0 Å². The fourth-order valence-corrected chi connectivity index (χ4v) is 2.59. The Hall–Kier alpha value is -2.48. The lowest BCUT2D eigenvalue weighted by molar-refractivity contribution is 0.311. The molecule has 0 saturated carbocycles. The average Bonchev–Trinajstić information content (AvgIpc) is 3.04. The summed E-state index contributed by atoms with van der Waals surface area (Å²) in [5.74, 6) is 2.65. The summed E-state index contributed by atoms with van der Waals surface area (Å²) in [5, 5.41) is 11.0. The predicted octanol–water partition coefficient (Wildman–Crippen LogP) is 2.13. The molecule has 2 aromatic rings. The SMILES string of the molecule is CCNC(=NCc1cc(Cl)c(OCC)c(OC)c1)NCc1ncnn1C. The number of rotatable bonds is 8. The molecule has 0 saturated heterocycles. The number of nitrogens with zero attached hydrogens (tertiary/aromatic N) is 4. The average molecular weight is 381 g/mol. The van der Waals surface area contributed by atoms with Crippen LogP contribution >= 0.6 is 11.6 Å². The third-order valence-electron chi connectivity index (χ3n) is 3.56. The molecule has 1 aromatic carbocycles. The number of hydrogen-bond acceptors (Lipinski definition) is 5. The highest BCUT2D eigenvalue weighted by Crippen LogP contribution is 2.36. The molecule has 0 spiro atoms. The van der Waals surface area contributed by atoms with Crippen molar-refractivity contribution in [3.63, 3.8) is 0 Å². The number of nitrogens with one attached hydrogen (secondary N) is 2. The van der Waals surface area contributed by atoms with Gasteiger partial charge < -0.3 is 20.1 Å². The lowest BCUT2D eigenvalue weighted by atomic mass is 10.2. The molecule has 9 heteroatoms. The molecule has 0 atom stereocenters. The molecule has 0 amide bonds. The van der Waals surface area contributed by atoms with Crippen LogP contribution in [0.25, 0.3) is 0 Å². The molecule has 2 rings (SSSR count). The summed E-state index contributed by atoms with van der Waals surface area (Å²) >= 11 is 6.31. The van der Waals surface area contributed by atoms with Gasteiger partial charge in [-0.25, -0.2) is 9.98 Å². The fourth-order valence-electron chi connectivity index (χ4n) is 2.30. The van der Waals surface area contributed by atoms with Crippen molar-refractivity contribution >= 4 is 17.6 Å². The first-order chi connectivity index (χ1) is 12.6. The Balaban J connectivity index is 2.10.